The Balaban J connectivity index is 1.67. The van der Waals surface area contributed by atoms with E-state index < -0.39 is 6.04 Å². The third-order valence-corrected chi connectivity index (χ3v) is 5.18. The van der Waals surface area contributed by atoms with Crippen LogP contribution in [0.15, 0.2) is 47.8 Å². The monoisotopic (exact) mass is 343 g/mol. The van der Waals surface area contributed by atoms with E-state index in [1.165, 1.54) is 0 Å². The van der Waals surface area contributed by atoms with Crippen molar-refractivity contribution < 1.29 is 9.59 Å². The van der Waals surface area contributed by atoms with E-state index in [0.29, 0.717) is 13.1 Å². The molecule has 0 bridgehead atoms. The highest BCUT2D eigenvalue weighted by atomic mass is 32.1. The maximum absolute atomic E-state index is 12.4. The molecule has 6 heteroatoms. The molecule has 0 spiro atoms. The van der Waals surface area contributed by atoms with Gasteiger partial charge in [0.05, 0.1) is 12.6 Å². The van der Waals surface area contributed by atoms with Crippen molar-refractivity contribution in [3.05, 3.63) is 58.3 Å². The molecule has 3 rings (SSSR count). The first-order chi connectivity index (χ1) is 11.6. The van der Waals surface area contributed by atoms with Crippen LogP contribution in [0, 0.1) is 0 Å². The zero-order valence-corrected chi connectivity index (χ0v) is 14.4. The van der Waals surface area contributed by atoms with Crippen molar-refractivity contribution in [2.45, 2.75) is 19.0 Å². The minimum atomic E-state index is -0.414. The number of benzene rings is 1. The third kappa shape index (κ3) is 3.83. The first-order valence-corrected chi connectivity index (χ1v) is 8.92. The second kappa shape index (κ2) is 7.59. The van der Waals surface area contributed by atoms with E-state index in [1.807, 2.05) is 59.7 Å². The lowest BCUT2D eigenvalue weighted by Gasteiger charge is -2.34. The summed E-state index contributed by atoms with van der Waals surface area (Å²) in [5.41, 5.74) is 0.911. The molecule has 1 saturated heterocycles. The SMILES string of the molecule is C[C@@H](NC(=O)CN1CCNC(=O)[C@H]1c1ccccc1)c1cccs1. The normalized spacial score (nSPS) is 19.5. The number of hydrogen-bond donors (Lipinski definition) is 2. The topological polar surface area (TPSA) is 61.4 Å². The van der Waals surface area contributed by atoms with Gasteiger partial charge in [0.25, 0.3) is 0 Å². The van der Waals surface area contributed by atoms with E-state index in [2.05, 4.69) is 10.6 Å². The van der Waals surface area contributed by atoms with Crippen LogP contribution in [0.3, 0.4) is 0 Å². The minimum Gasteiger partial charge on any atom is -0.353 e. The number of carbonyl (C=O) groups excluding carboxylic acids is 2. The molecule has 2 aromatic rings. The predicted molar refractivity (Wildman–Crippen MR) is 94.6 cm³/mol. The van der Waals surface area contributed by atoms with Gasteiger partial charge in [-0.05, 0) is 23.9 Å². The highest BCUT2D eigenvalue weighted by Crippen LogP contribution is 2.23. The van der Waals surface area contributed by atoms with Gasteiger partial charge in [-0.2, -0.15) is 0 Å². The fourth-order valence-electron chi connectivity index (χ4n) is 2.96. The summed E-state index contributed by atoms with van der Waals surface area (Å²) in [4.78, 5) is 27.8. The van der Waals surface area contributed by atoms with E-state index in [0.717, 1.165) is 10.4 Å². The molecular weight excluding hydrogens is 322 g/mol. The Bertz CT molecular complexity index is 688. The van der Waals surface area contributed by atoms with Gasteiger partial charge in [-0.25, -0.2) is 0 Å². The second-order valence-corrected chi connectivity index (χ2v) is 6.86. The molecule has 24 heavy (non-hydrogen) atoms. The Hall–Kier alpha value is -2.18. The van der Waals surface area contributed by atoms with Crippen molar-refractivity contribution in [2.75, 3.05) is 19.6 Å². The van der Waals surface area contributed by atoms with Crippen LogP contribution in [0.4, 0.5) is 0 Å². The van der Waals surface area contributed by atoms with Gasteiger partial charge in [-0.15, -0.1) is 11.3 Å². The Kier molecular flexibility index (Phi) is 5.27. The minimum absolute atomic E-state index is 0.0220. The molecule has 1 fully saturated rings. The standard InChI is InChI=1S/C18H21N3O2S/c1-13(15-8-5-11-24-15)20-16(22)12-21-10-9-19-18(23)17(21)14-6-3-2-4-7-14/h2-8,11,13,17H,9-10,12H2,1H3,(H,19,23)(H,20,22)/t13-,17-/m1/s1. The molecule has 1 aliphatic rings. The first kappa shape index (κ1) is 16.7. The van der Waals surface area contributed by atoms with Gasteiger partial charge in [0, 0.05) is 18.0 Å². The van der Waals surface area contributed by atoms with Gasteiger partial charge in [0.1, 0.15) is 6.04 Å². The van der Waals surface area contributed by atoms with Gasteiger partial charge in [0.2, 0.25) is 11.8 Å². The van der Waals surface area contributed by atoms with E-state index in [1.54, 1.807) is 11.3 Å². The summed E-state index contributed by atoms with van der Waals surface area (Å²) in [7, 11) is 0. The molecule has 0 aliphatic carbocycles. The summed E-state index contributed by atoms with van der Waals surface area (Å²) < 4.78 is 0. The van der Waals surface area contributed by atoms with Crippen molar-refractivity contribution in [1.29, 1.82) is 0 Å². The second-order valence-electron chi connectivity index (χ2n) is 5.88. The van der Waals surface area contributed by atoms with Gasteiger partial charge in [0.15, 0.2) is 0 Å². The lowest BCUT2D eigenvalue weighted by Crippen LogP contribution is -2.52. The quantitative estimate of drug-likeness (QED) is 0.874. The van der Waals surface area contributed by atoms with Crippen LogP contribution >= 0.6 is 11.3 Å². The fourth-order valence-corrected chi connectivity index (χ4v) is 3.70. The van der Waals surface area contributed by atoms with E-state index in [9.17, 15) is 9.59 Å². The molecule has 0 saturated carbocycles. The van der Waals surface area contributed by atoms with Crippen LogP contribution < -0.4 is 10.6 Å². The number of nitrogens with zero attached hydrogens (tertiary/aromatic N) is 1. The molecule has 1 aromatic heterocycles. The van der Waals surface area contributed by atoms with Crippen LogP contribution in [0.5, 0.6) is 0 Å². The zero-order valence-electron chi connectivity index (χ0n) is 13.6. The molecular formula is C18H21N3O2S. The number of amides is 2. The zero-order chi connectivity index (χ0) is 16.9. The van der Waals surface area contributed by atoms with E-state index >= 15 is 0 Å². The fraction of sp³-hybridized carbons (Fsp3) is 0.333. The van der Waals surface area contributed by atoms with Crippen molar-refractivity contribution in [3.63, 3.8) is 0 Å². The van der Waals surface area contributed by atoms with Gasteiger partial charge >= 0.3 is 0 Å². The van der Waals surface area contributed by atoms with Gasteiger partial charge in [-0.3, -0.25) is 14.5 Å². The van der Waals surface area contributed by atoms with Crippen molar-refractivity contribution >= 4 is 23.2 Å². The Morgan fingerprint density at radius 1 is 1.33 bits per heavy atom. The maximum atomic E-state index is 12.4. The predicted octanol–water partition coefficient (Wildman–Crippen LogP) is 2.10. The average molecular weight is 343 g/mol. The average Bonchev–Trinajstić information content (AvgIpc) is 3.10. The number of nitrogens with one attached hydrogen (secondary N) is 2. The van der Waals surface area contributed by atoms with Crippen molar-refractivity contribution in [3.8, 4) is 0 Å². The lowest BCUT2D eigenvalue weighted by molar-refractivity contribution is -0.132. The Morgan fingerprint density at radius 2 is 2.12 bits per heavy atom. The molecule has 2 N–H and O–H groups in total. The number of thiophene rings is 1. The van der Waals surface area contributed by atoms with Crippen LogP contribution in [0.25, 0.3) is 0 Å². The molecule has 5 nitrogen and oxygen atoms in total. The summed E-state index contributed by atoms with van der Waals surface area (Å²) in [5.74, 6) is -0.113. The molecule has 2 atom stereocenters. The molecule has 0 radical (unpaired) electrons. The van der Waals surface area contributed by atoms with E-state index in [4.69, 9.17) is 0 Å². The lowest BCUT2D eigenvalue weighted by atomic mass is 10.0. The third-order valence-electron chi connectivity index (χ3n) is 4.12. The number of piperazine rings is 1. The molecule has 0 unspecified atom stereocenters. The molecule has 2 amide bonds. The summed E-state index contributed by atoms with van der Waals surface area (Å²) in [6, 6.07) is 13.1. The summed E-state index contributed by atoms with van der Waals surface area (Å²) >= 11 is 1.62. The van der Waals surface area contributed by atoms with Gasteiger partial charge in [-0.1, -0.05) is 36.4 Å². The largest absolute Gasteiger partial charge is 0.353 e. The van der Waals surface area contributed by atoms with Crippen molar-refractivity contribution in [2.24, 2.45) is 0 Å². The van der Waals surface area contributed by atoms with E-state index in [-0.39, 0.29) is 24.4 Å². The van der Waals surface area contributed by atoms with Crippen LogP contribution in [-0.4, -0.2) is 36.3 Å². The maximum Gasteiger partial charge on any atom is 0.242 e. The van der Waals surface area contributed by atoms with Crippen LogP contribution in [0.2, 0.25) is 0 Å². The molecule has 1 aliphatic heterocycles. The number of hydrogen-bond acceptors (Lipinski definition) is 4. The summed E-state index contributed by atoms with van der Waals surface area (Å²) in [6.07, 6.45) is 0. The smallest absolute Gasteiger partial charge is 0.242 e. The van der Waals surface area contributed by atoms with Crippen LogP contribution in [0.1, 0.15) is 29.4 Å². The summed E-state index contributed by atoms with van der Waals surface area (Å²) in [5, 5.41) is 7.90. The van der Waals surface area contributed by atoms with Crippen LogP contribution in [-0.2, 0) is 9.59 Å². The highest BCUT2D eigenvalue weighted by Gasteiger charge is 2.32. The molecule has 126 valence electrons. The van der Waals surface area contributed by atoms with Crippen molar-refractivity contribution in [1.82, 2.24) is 15.5 Å². The molecule has 1 aromatic carbocycles. The van der Waals surface area contributed by atoms with Gasteiger partial charge < -0.3 is 10.6 Å². The highest BCUT2D eigenvalue weighted by molar-refractivity contribution is 7.10. The Morgan fingerprint density at radius 3 is 2.83 bits per heavy atom. The Labute approximate surface area is 145 Å². The number of rotatable bonds is 5. The summed E-state index contributed by atoms with van der Waals surface area (Å²) in [6.45, 7) is 3.41. The first-order valence-electron chi connectivity index (χ1n) is 8.04. The molecule has 2 heterocycles. The number of carbonyl (C=O) groups is 2.